The summed E-state index contributed by atoms with van der Waals surface area (Å²) in [5.41, 5.74) is 0. The summed E-state index contributed by atoms with van der Waals surface area (Å²) in [6.07, 6.45) is 2.01. The molecule has 0 spiro atoms. The van der Waals surface area contributed by atoms with Gasteiger partial charge in [0.25, 0.3) is 0 Å². The molecular formula is C6H18I2P2S3. The van der Waals surface area contributed by atoms with Gasteiger partial charge in [-0.05, 0) is 12.3 Å². The Kier molecular flexibility index (Phi) is 106. The molecule has 2 unspecified atom stereocenters. The molecule has 0 nitrogen and oxygen atoms in total. The number of halogens is 2. The molecule has 0 amide bonds. The summed E-state index contributed by atoms with van der Waals surface area (Å²) in [4.78, 5) is 0. The molecule has 0 aromatic heterocycles. The van der Waals surface area contributed by atoms with Crippen molar-refractivity contribution in [2.45, 2.75) is 20.8 Å². The molecule has 0 rings (SSSR count). The van der Waals surface area contributed by atoms with Crippen molar-refractivity contribution in [3.63, 3.8) is 0 Å². The standard InChI is InChI=1S/C3H5IS.C2H6.CH3PS2.HI.H3P/c1-2-3-5-4;1-2;2-4-1-3;;/h2-3H,1H3;1-2H3;1H,2H2;1H;1H3. The average molecular weight is 502 g/mol. The summed E-state index contributed by atoms with van der Waals surface area (Å²) in [6.45, 7) is 6.01. The van der Waals surface area contributed by atoms with E-state index in [0.29, 0.717) is 0 Å². The molecule has 13 heavy (non-hydrogen) atoms. The molecule has 0 aromatic rings. The predicted molar refractivity (Wildman–Crippen MR) is 105 cm³/mol. The first-order valence-corrected chi connectivity index (χ1v) is 9.26. The second-order valence-electron chi connectivity index (χ2n) is 0.791. The predicted octanol–water partition coefficient (Wildman–Crippen LogP) is 5.77. The van der Waals surface area contributed by atoms with Crippen LogP contribution in [0.3, 0.4) is 0 Å². The monoisotopic (exact) mass is 502 g/mol. The average Bonchev–Trinajstić information content (AvgIpc) is 2.10. The van der Waals surface area contributed by atoms with Crippen LogP contribution in [0, 0.1) is 0 Å². The van der Waals surface area contributed by atoms with Crippen molar-refractivity contribution < 1.29 is 0 Å². The molecule has 0 aliphatic carbocycles. The van der Waals surface area contributed by atoms with E-state index < -0.39 is 0 Å². The molecule has 0 fully saturated rings. The maximum absolute atomic E-state index is 4.37. The minimum atomic E-state index is 0. The molecular weight excluding hydrogens is 484 g/mol. The third-order valence-electron chi connectivity index (χ3n) is 0.243. The van der Waals surface area contributed by atoms with E-state index in [-0.39, 0.29) is 33.9 Å². The Bertz CT molecular complexity index is 84.3. The van der Waals surface area contributed by atoms with Crippen molar-refractivity contribution in [2.24, 2.45) is 0 Å². The van der Waals surface area contributed by atoms with Crippen LogP contribution in [-0.4, -0.2) is 4.70 Å². The van der Waals surface area contributed by atoms with Gasteiger partial charge in [0, 0.05) is 25.9 Å². The van der Waals surface area contributed by atoms with Crippen LogP contribution in [0.2, 0.25) is 0 Å². The number of hydrogen-bond donors (Lipinski definition) is 0. The maximum Gasteiger partial charge on any atom is 0.0380 e. The normalized spacial score (nSPS) is 6.23. The minimum Gasteiger partial charge on any atom is -0.153 e. The van der Waals surface area contributed by atoms with Crippen LogP contribution in [0.15, 0.2) is 11.5 Å². The molecule has 0 saturated carbocycles. The highest BCUT2D eigenvalue weighted by Crippen LogP contribution is 2.10. The molecule has 0 aliphatic rings. The fraction of sp³-hybridized carbons (Fsp3) is 0.500. The lowest BCUT2D eigenvalue weighted by Crippen LogP contribution is -1.26. The van der Waals surface area contributed by atoms with Crippen molar-refractivity contribution >= 4 is 101 Å². The Hall–Kier alpha value is 2.85. The summed E-state index contributed by atoms with van der Waals surface area (Å²) in [7, 11) is 4.10. The SMILES string of the molecule is CC.CC=CSI.I.P.PSC=S. The lowest BCUT2D eigenvalue weighted by molar-refractivity contribution is 1.50. The molecule has 0 saturated heterocycles. The molecule has 0 N–H and O–H groups in total. The Labute approximate surface area is 131 Å². The van der Waals surface area contributed by atoms with Crippen molar-refractivity contribution in [1.82, 2.24) is 0 Å². The molecule has 84 valence electrons. The number of allylic oxidation sites excluding steroid dienone is 1. The number of rotatable bonds is 2. The summed E-state index contributed by atoms with van der Waals surface area (Å²) < 4.78 is 1.59. The highest BCUT2D eigenvalue weighted by Gasteiger charge is 1.54. The van der Waals surface area contributed by atoms with Gasteiger partial charge in [0.05, 0.1) is 0 Å². The lowest BCUT2D eigenvalue weighted by atomic mass is 10.8. The van der Waals surface area contributed by atoms with Gasteiger partial charge in [0.2, 0.25) is 0 Å². The Morgan fingerprint density at radius 2 is 1.69 bits per heavy atom. The van der Waals surface area contributed by atoms with E-state index >= 15 is 0 Å². The van der Waals surface area contributed by atoms with Gasteiger partial charge in [-0.1, -0.05) is 49.5 Å². The van der Waals surface area contributed by atoms with Gasteiger partial charge >= 0.3 is 0 Å². The van der Waals surface area contributed by atoms with Gasteiger partial charge in [-0.3, -0.25) is 0 Å². The summed E-state index contributed by atoms with van der Waals surface area (Å²) in [5.74, 6) is 0. The first-order valence-electron chi connectivity index (χ1n) is 3.01. The fourth-order valence-electron chi connectivity index (χ4n) is 0.0514. The van der Waals surface area contributed by atoms with Crippen LogP contribution >= 0.6 is 96.1 Å². The van der Waals surface area contributed by atoms with Gasteiger partial charge < -0.3 is 0 Å². The molecule has 7 heteroatoms. The van der Waals surface area contributed by atoms with Gasteiger partial charge in [-0.2, -0.15) is 9.90 Å². The fourth-order valence-corrected chi connectivity index (χ4v) is 1.04. The van der Waals surface area contributed by atoms with Gasteiger partial charge in [0.15, 0.2) is 0 Å². The van der Waals surface area contributed by atoms with E-state index in [2.05, 4.69) is 41.9 Å². The van der Waals surface area contributed by atoms with Crippen LogP contribution in [0.5, 0.6) is 0 Å². The van der Waals surface area contributed by atoms with E-state index in [0.717, 1.165) is 0 Å². The molecule has 0 bridgehead atoms. The second-order valence-corrected chi connectivity index (χ2v) is 4.63. The number of thiocarbonyl (C=S) groups is 1. The first-order chi connectivity index (χ1) is 5.33. The molecule has 0 heterocycles. The van der Waals surface area contributed by atoms with E-state index in [9.17, 15) is 0 Å². The first kappa shape index (κ1) is 29.7. The van der Waals surface area contributed by atoms with Crippen molar-refractivity contribution in [2.75, 3.05) is 0 Å². The largest absolute Gasteiger partial charge is 0.153 e. The zero-order valence-electron chi connectivity index (χ0n) is 8.03. The quantitative estimate of drug-likeness (QED) is 0.268. The van der Waals surface area contributed by atoms with E-state index in [1.807, 2.05) is 32.3 Å². The maximum atomic E-state index is 4.37. The summed E-state index contributed by atoms with van der Waals surface area (Å²) in [5, 5.41) is 2.03. The minimum absolute atomic E-state index is 0. The van der Waals surface area contributed by atoms with Crippen LogP contribution in [0.25, 0.3) is 0 Å². The molecule has 0 aromatic carbocycles. The van der Waals surface area contributed by atoms with Crippen LogP contribution < -0.4 is 0 Å². The van der Waals surface area contributed by atoms with E-state index in [4.69, 9.17) is 0 Å². The molecule has 0 radical (unpaired) electrons. The van der Waals surface area contributed by atoms with Crippen LogP contribution in [-0.2, 0) is 0 Å². The van der Waals surface area contributed by atoms with Crippen LogP contribution in [0.4, 0.5) is 0 Å². The van der Waals surface area contributed by atoms with Crippen molar-refractivity contribution in [3.8, 4) is 0 Å². The third-order valence-corrected chi connectivity index (χ3v) is 2.94. The van der Waals surface area contributed by atoms with E-state index in [1.54, 1.807) is 13.6 Å². The Balaban J connectivity index is -0.0000000246. The summed E-state index contributed by atoms with van der Waals surface area (Å²) in [6, 6.07) is 0. The highest BCUT2D eigenvalue weighted by atomic mass is 127. The highest BCUT2D eigenvalue weighted by molar-refractivity contribution is 14.2. The summed E-state index contributed by atoms with van der Waals surface area (Å²) >= 11 is 8.05. The molecule has 2 atom stereocenters. The zero-order valence-corrected chi connectivity index (χ0v) is 17.5. The smallest absolute Gasteiger partial charge is 0.0380 e. The van der Waals surface area contributed by atoms with Crippen molar-refractivity contribution in [1.29, 1.82) is 0 Å². The van der Waals surface area contributed by atoms with Gasteiger partial charge in [-0.15, -0.1) is 35.4 Å². The molecule has 0 aliphatic heterocycles. The second kappa shape index (κ2) is 46.2. The van der Waals surface area contributed by atoms with Crippen LogP contribution in [0.1, 0.15) is 20.8 Å². The topological polar surface area (TPSA) is 0 Å². The Morgan fingerprint density at radius 1 is 1.38 bits per heavy atom. The zero-order chi connectivity index (χ0) is 9.54. The Morgan fingerprint density at radius 3 is 1.69 bits per heavy atom. The van der Waals surface area contributed by atoms with Gasteiger partial charge in [-0.25, -0.2) is 0 Å². The lowest BCUT2D eigenvalue weighted by Gasteiger charge is -1.62. The van der Waals surface area contributed by atoms with E-state index in [1.165, 1.54) is 11.4 Å². The van der Waals surface area contributed by atoms with Gasteiger partial charge in [0.1, 0.15) is 0 Å². The van der Waals surface area contributed by atoms with Crippen molar-refractivity contribution in [3.05, 3.63) is 11.5 Å². The number of hydrogen-bond acceptors (Lipinski definition) is 3. The third kappa shape index (κ3) is 71.7.